The number of halogens is 1. The minimum atomic E-state index is 0.285. The highest BCUT2D eigenvalue weighted by Crippen LogP contribution is 2.41. The number of allylic oxidation sites excluding steroid dienone is 2. The first-order valence-corrected chi connectivity index (χ1v) is 9.57. The van der Waals surface area contributed by atoms with Crippen LogP contribution in [0.15, 0.2) is 41.0 Å². The maximum Gasteiger partial charge on any atom is 0.0934 e. The van der Waals surface area contributed by atoms with Crippen molar-refractivity contribution < 1.29 is 0 Å². The first-order valence-electron chi connectivity index (χ1n) is 8.38. The summed E-state index contributed by atoms with van der Waals surface area (Å²) in [5, 5.41) is 0. The number of nitrogens with two attached hydrogens (primary N) is 1. The second-order valence-corrected chi connectivity index (χ2v) is 8.40. The fraction of sp³-hybridized carbons (Fsp3) is 0.350. The first kappa shape index (κ1) is 18.2. The van der Waals surface area contributed by atoms with E-state index >= 15 is 0 Å². The molecule has 0 saturated carbocycles. The van der Waals surface area contributed by atoms with Crippen LogP contribution in [0.2, 0.25) is 4.34 Å². The molecule has 3 nitrogen and oxygen atoms in total. The fourth-order valence-electron chi connectivity index (χ4n) is 3.65. The Morgan fingerprint density at radius 2 is 2.00 bits per heavy atom. The maximum atomic E-state index is 6.33. The third-order valence-corrected chi connectivity index (χ3v) is 6.06. The highest BCUT2D eigenvalue weighted by atomic mass is 35.5. The number of hydrogen-bond donors (Lipinski definition) is 1. The average molecular weight is 374 g/mol. The number of nitrogens with zero attached hydrogens (tertiary/aromatic N) is 2. The van der Waals surface area contributed by atoms with Crippen LogP contribution in [0.4, 0.5) is 0 Å². The Morgan fingerprint density at radius 1 is 1.28 bits per heavy atom. The van der Waals surface area contributed by atoms with Gasteiger partial charge in [0.25, 0.3) is 0 Å². The molecule has 132 valence electrons. The van der Waals surface area contributed by atoms with Crippen molar-refractivity contribution in [1.82, 2.24) is 4.90 Å². The molecular weight excluding hydrogens is 350 g/mol. The Hall–Kier alpha value is -1.62. The van der Waals surface area contributed by atoms with Crippen LogP contribution >= 0.6 is 22.9 Å². The normalized spacial score (nSPS) is 19.6. The zero-order valence-electron chi connectivity index (χ0n) is 15.1. The lowest BCUT2D eigenvalue weighted by Gasteiger charge is -2.32. The molecule has 0 aliphatic carbocycles. The molecule has 0 bridgehead atoms. The molecule has 0 radical (unpaired) electrons. The van der Waals surface area contributed by atoms with Crippen molar-refractivity contribution in [3.63, 3.8) is 0 Å². The van der Waals surface area contributed by atoms with E-state index in [9.17, 15) is 0 Å². The van der Waals surface area contributed by atoms with E-state index in [0.717, 1.165) is 34.4 Å². The van der Waals surface area contributed by atoms with E-state index in [1.807, 2.05) is 20.9 Å². The summed E-state index contributed by atoms with van der Waals surface area (Å²) in [5.41, 5.74) is 12.8. The van der Waals surface area contributed by atoms with E-state index in [4.69, 9.17) is 17.3 Å². The molecule has 0 saturated heterocycles. The van der Waals surface area contributed by atoms with Crippen LogP contribution in [-0.4, -0.2) is 31.3 Å². The molecule has 1 aliphatic heterocycles. The predicted molar refractivity (Wildman–Crippen MR) is 110 cm³/mol. The van der Waals surface area contributed by atoms with Gasteiger partial charge >= 0.3 is 0 Å². The van der Waals surface area contributed by atoms with Crippen molar-refractivity contribution in [2.75, 3.05) is 20.6 Å². The van der Waals surface area contributed by atoms with Crippen LogP contribution in [0.5, 0.6) is 0 Å². The molecule has 25 heavy (non-hydrogen) atoms. The van der Waals surface area contributed by atoms with Crippen LogP contribution in [-0.2, 0) is 6.54 Å². The summed E-state index contributed by atoms with van der Waals surface area (Å²) in [6, 6.07) is 10.7. The number of likely N-dealkylation sites (N-methyl/N-ethyl adjacent to an activating group) is 1. The molecule has 0 spiro atoms. The lowest BCUT2D eigenvalue weighted by Crippen LogP contribution is -2.30. The van der Waals surface area contributed by atoms with Crippen molar-refractivity contribution in [2.45, 2.75) is 26.3 Å². The van der Waals surface area contributed by atoms with Crippen molar-refractivity contribution in [3.8, 4) is 0 Å². The average Bonchev–Trinajstić information content (AvgIpc) is 2.94. The summed E-state index contributed by atoms with van der Waals surface area (Å²) in [7, 11) is 3.97. The molecule has 2 heterocycles. The number of hydrogen-bond acceptors (Lipinski definition) is 4. The molecular formula is C20H24ClN3S. The highest BCUT2D eigenvalue weighted by molar-refractivity contribution is 7.16. The third-order valence-electron chi connectivity index (χ3n) is 4.79. The molecule has 5 heteroatoms. The summed E-state index contributed by atoms with van der Waals surface area (Å²) in [6.45, 7) is 5.89. The van der Waals surface area contributed by atoms with E-state index in [2.05, 4.69) is 47.3 Å². The summed E-state index contributed by atoms with van der Waals surface area (Å²) < 4.78 is 0.861. The van der Waals surface area contributed by atoms with E-state index in [1.165, 1.54) is 21.6 Å². The zero-order chi connectivity index (χ0) is 18.1. The molecule has 1 aliphatic rings. The van der Waals surface area contributed by atoms with Gasteiger partial charge in [-0.3, -0.25) is 4.99 Å². The van der Waals surface area contributed by atoms with Gasteiger partial charge in [-0.05, 0) is 43.7 Å². The van der Waals surface area contributed by atoms with Gasteiger partial charge in [-0.2, -0.15) is 0 Å². The molecule has 1 atom stereocenters. The Morgan fingerprint density at radius 3 is 2.68 bits per heavy atom. The Balaban J connectivity index is 2.19. The summed E-state index contributed by atoms with van der Waals surface area (Å²) in [5.74, 6) is 0.285. The quantitative estimate of drug-likeness (QED) is 0.788. The van der Waals surface area contributed by atoms with Gasteiger partial charge < -0.3 is 10.6 Å². The lowest BCUT2D eigenvalue weighted by atomic mass is 9.83. The van der Waals surface area contributed by atoms with Gasteiger partial charge in [0.1, 0.15) is 0 Å². The Kier molecular flexibility index (Phi) is 5.32. The summed E-state index contributed by atoms with van der Waals surface area (Å²) in [4.78, 5) is 8.10. The van der Waals surface area contributed by atoms with Crippen molar-refractivity contribution in [1.29, 1.82) is 0 Å². The molecule has 1 aromatic heterocycles. The van der Waals surface area contributed by atoms with Gasteiger partial charge in [0.15, 0.2) is 0 Å². The number of fused-ring (bicyclic) bond motifs is 1. The van der Waals surface area contributed by atoms with Gasteiger partial charge in [-0.1, -0.05) is 35.9 Å². The molecule has 0 amide bonds. The maximum absolute atomic E-state index is 6.33. The minimum absolute atomic E-state index is 0.285. The highest BCUT2D eigenvalue weighted by Gasteiger charge is 2.29. The Bertz CT molecular complexity index is 846. The van der Waals surface area contributed by atoms with E-state index in [-0.39, 0.29) is 5.92 Å². The lowest BCUT2D eigenvalue weighted by molar-refractivity contribution is 0.299. The molecule has 1 aromatic carbocycles. The number of benzene rings is 1. The number of aliphatic imine (C=N–C) groups is 1. The molecule has 2 N–H and O–H groups in total. The SMILES string of the molecule is CN=C(C)/C(=C(/C)N)c1ccccc1C1CN(C)Cc2sc(Cl)cc21. The van der Waals surface area contributed by atoms with Gasteiger partial charge in [-0.15, -0.1) is 11.3 Å². The molecule has 2 aromatic rings. The van der Waals surface area contributed by atoms with Crippen molar-refractivity contribution in [3.05, 3.63) is 61.9 Å². The van der Waals surface area contributed by atoms with Crippen LogP contribution in [0, 0.1) is 0 Å². The Labute approximate surface area is 158 Å². The third kappa shape index (κ3) is 3.52. The molecule has 1 unspecified atom stereocenters. The number of thiophene rings is 1. The standard InChI is InChI=1S/C20H24ClN3S/c1-12(22)20(13(2)23-3)15-8-6-5-7-14(15)17-10-24(4)11-18-16(17)9-19(21)25-18/h5-9,17H,10-11,22H2,1-4H3/b20-12+,23-13?. The van der Waals surface area contributed by atoms with Gasteiger partial charge in [0.05, 0.1) is 4.34 Å². The van der Waals surface area contributed by atoms with E-state index < -0.39 is 0 Å². The number of rotatable bonds is 3. The predicted octanol–water partition coefficient (Wildman–Crippen LogP) is 4.76. The van der Waals surface area contributed by atoms with Crippen LogP contribution < -0.4 is 5.73 Å². The van der Waals surface area contributed by atoms with Crippen LogP contribution in [0.3, 0.4) is 0 Å². The first-order chi connectivity index (χ1) is 11.9. The zero-order valence-corrected chi connectivity index (χ0v) is 16.7. The van der Waals surface area contributed by atoms with E-state index in [1.54, 1.807) is 11.3 Å². The monoisotopic (exact) mass is 373 g/mol. The summed E-state index contributed by atoms with van der Waals surface area (Å²) >= 11 is 8.02. The second kappa shape index (κ2) is 7.32. The topological polar surface area (TPSA) is 41.6 Å². The fourth-order valence-corrected chi connectivity index (χ4v) is 5.07. The molecule has 3 rings (SSSR count). The van der Waals surface area contributed by atoms with Crippen molar-refractivity contribution >= 4 is 34.2 Å². The minimum Gasteiger partial charge on any atom is -0.402 e. The second-order valence-electron chi connectivity index (χ2n) is 6.63. The van der Waals surface area contributed by atoms with Crippen LogP contribution in [0.1, 0.15) is 41.3 Å². The summed E-state index contributed by atoms with van der Waals surface area (Å²) in [6.07, 6.45) is 0. The van der Waals surface area contributed by atoms with Gasteiger partial charge in [-0.25, -0.2) is 0 Å². The van der Waals surface area contributed by atoms with E-state index in [0.29, 0.717) is 0 Å². The largest absolute Gasteiger partial charge is 0.402 e. The van der Waals surface area contributed by atoms with Crippen molar-refractivity contribution in [2.24, 2.45) is 10.7 Å². The van der Waals surface area contributed by atoms with Gasteiger partial charge in [0.2, 0.25) is 0 Å². The van der Waals surface area contributed by atoms with Gasteiger partial charge in [0, 0.05) is 47.9 Å². The van der Waals surface area contributed by atoms with Crippen LogP contribution in [0.25, 0.3) is 5.57 Å². The molecule has 0 fully saturated rings. The smallest absolute Gasteiger partial charge is 0.0934 e.